The van der Waals surface area contributed by atoms with Gasteiger partial charge < -0.3 is 9.84 Å². The van der Waals surface area contributed by atoms with Crippen LogP contribution in [0.5, 0.6) is 17.2 Å². The first-order chi connectivity index (χ1) is 15.0. The molecule has 31 heavy (non-hydrogen) atoms. The van der Waals surface area contributed by atoms with Gasteiger partial charge in [-0.2, -0.15) is 0 Å². The summed E-state index contributed by atoms with van der Waals surface area (Å²) in [6.45, 7) is 0. The zero-order valence-electron chi connectivity index (χ0n) is 16.3. The van der Waals surface area contributed by atoms with Gasteiger partial charge in [0.1, 0.15) is 23.1 Å². The molecule has 4 rings (SSSR count). The van der Waals surface area contributed by atoms with E-state index in [1.165, 1.54) is 30.3 Å². The SMILES string of the molecule is O=C(c1cccc(Oc2cccc(C(=O)c3ccccc3F)c2)c1)c1ccccc1O. The van der Waals surface area contributed by atoms with Crippen molar-refractivity contribution in [3.63, 3.8) is 0 Å². The van der Waals surface area contributed by atoms with E-state index in [2.05, 4.69) is 0 Å². The van der Waals surface area contributed by atoms with Gasteiger partial charge in [0.05, 0.1) is 11.1 Å². The third-order valence-electron chi connectivity index (χ3n) is 4.70. The fraction of sp³-hybridized carbons (Fsp3) is 0. The largest absolute Gasteiger partial charge is 0.507 e. The zero-order valence-corrected chi connectivity index (χ0v) is 16.3. The van der Waals surface area contributed by atoms with Gasteiger partial charge >= 0.3 is 0 Å². The Hall–Kier alpha value is -4.25. The molecule has 0 aliphatic carbocycles. The Morgan fingerprint density at radius 1 is 0.645 bits per heavy atom. The van der Waals surface area contributed by atoms with Crippen molar-refractivity contribution >= 4 is 11.6 Å². The summed E-state index contributed by atoms with van der Waals surface area (Å²) in [5.41, 5.74) is 0.800. The van der Waals surface area contributed by atoms with Crippen molar-refractivity contribution in [1.29, 1.82) is 0 Å². The number of ketones is 2. The second kappa shape index (κ2) is 8.63. The van der Waals surface area contributed by atoms with Crippen LogP contribution in [0, 0.1) is 5.82 Å². The van der Waals surface area contributed by atoms with Gasteiger partial charge in [-0.25, -0.2) is 4.39 Å². The molecular weight excluding hydrogens is 395 g/mol. The Morgan fingerprint density at radius 2 is 1.16 bits per heavy atom. The summed E-state index contributed by atoms with van der Waals surface area (Å²) >= 11 is 0. The quantitative estimate of drug-likeness (QED) is 0.408. The molecule has 4 aromatic carbocycles. The van der Waals surface area contributed by atoms with Crippen LogP contribution >= 0.6 is 0 Å². The smallest absolute Gasteiger partial charge is 0.196 e. The van der Waals surface area contributed by atoms with Crippen molar-refractivity contribution in [3.05, 3.63) is 125 Å². The molecule has 0 saturated carbocycles. The van der Waals surface area contributed by atoms with Crippen molar-refractivity contribution in [3.8, 4) is 17.2 Å². The fourth-order valence-corrected chi connectivity index (χ4v) is 3.16. The number of benzene rings is 4. The molecule has 0 aliphatic heterocycles. The standard InChI is InChI=1S/C26H17FO4/c27-23-13-3-1-11-21(23)25(29)17-7-5-9-19(15-17)31-20-10-6-8-18(16-20)26(30)22-12-2-4-14-24(22)28/h1-16,28H. The highest BCUT2D eigenvalue weighted by atomic mass is 19.1. The summed E-state index contributed by atoms with van der Waals surface area (Å²) in [6, 6.07) is 25.0. The predicted octanol–water partition coefficient (Wildman–Crippen LogP) is 5.79. The van der Waals surface area contributed by atoms with Crippen molar-refractivity contribution in [2.75, 3.05) is 0 Å². The molecule has 0 aliphatic rings. The molecule has 0 heterocycles. The number of hydrogen-bond acceptors (Lipinski definition) is 4. The highest BCUT2D eigenvalue weighted by Gasteiger charge is 2.16. The summed E-state index contributed by atoms with van der Waals surface area (Å²) in [4.78, 5) is 25.3. The van der Waals surface area contributed by atoms with Gasteiger partial charge in [0.25, 0.3) is 0 Å². The summed E-state index contributed by atoms with van der Waals surface area (Å²) in [5.74, 6) is -0.724. The van der Waals surface area contributed by atoms with E-state index in [1.54, 1.807) is 66.7 Å². The molecule has 0 unspecified atom stereocenters. The van der Waals surface area contributed by atoms with Crippen molar-refractivity contribution in [2.45, 2.75) is 0 Å². The van der Waals surface area contributed by atoms with Gasteiger partial charge in [-0.05, 0) is 48.5 Å². The van der Waals surface area contributed by atoms with Crippen LogP contribution in [-0.2, 0) is 0 Å². The normalized spacial score (nSPS) is 10.5. The van der Waals surface area contributed by atoms with E-state index in [0.717, 1.165) is 0 Å². The molecular formula is C26H17FO4. The van der Waals surface area contributed by atoms with E-state index >= 15 is 0 Å². The molecule has 1 N–H and O–H groups in total. The molecule has 152 valence electrons. The van der Waals surface area contributed by atoms with E-state index in [-0.39, 0.29) is 28.2 Å². The van der Waals surface area contributed by atoms with E-state index < -0.39 is 11.6 Å². The minimum Gasteiger partial charge on any atom is -0.507 e. The summed E-state index contributed by atoms with van der Waals surface area (Å²) in [6.07, 6.45) is 0. The van der Waals surface area contributed by atoms with Gasteiger partial charge in [0, 0.05) is 11.1 Å². The van der Waals surface area contributed by atoms with Crippen LogP contribution in [0.2, 0.25) is 0 Å². The van der Waals surface area contributed by atoms with Crippen LogP contribution in [-0.4, -0.2) is 16.7 Å². The maximum atomic E-state index is 14.0. The Morgan fingerprint density at radius 3 is 1.74 bits per heavy atom. The van der Waals surface area contributed by atoms with E-state index in [1.807, 2.05) is 0 Å². The van der Waals surface area contributed by atoms with Gasteiger partial charge in [0.2, 0.25) is 0 Å². The third-order valence-corrected chi connectivity index (χ3v) is 4.70. The molecule has 5 heteroatoms. The number of carbonyl (C=O) groups is 2. The highest BCUT2D eigenvalue weighted by molar-refractivity contribution is 6.11. The third kappa shape index (κ3) is 4.36. The van der Waals surface area contributed by atoms with Crippen molar-refractivity contribution in [1.82, 2.24) is 0 Å². The minimum absolute atomic E-state index is 0.0186. The van der Waals surface area contributed by atoms with Crippen LogP contribution in [0.4, 0.5) is 4.39 Å². The van der Waals surface area contributed by atoms with Crippen LogP contribution < -0.4 is 4.74 Å². The van der Waals surface area contributed by atoms with Gasteiger partial charge in [-0.1, -0.05) is 48.5 Å². The summed E-state index contributed by atoms with van der Waals surface area (Å²) < 4.78 is 19.8. The molecule has 0 amide bonds. The number of hydrogen-bond donors (Lipinski definition) is 1. The lowest BCUT2D eigenvalue weighted by Gasteiger charge is -2.10. The Balaban J connectivity index is 1.58. The molecule has 0 bridgehead atoms. The highest BCUT2D eigenvalue weighted by Crippen LogP contribution is 2.27. The first-order valence-electron chi connectivity index (χ1n) is 9.53. The average Bonchev–Trinajstić information content (AvgIpc) is 2.79. The number of halogens is 1. The first kappa shape index (κ1) is 20.0. The predicted molar refractivity (Wildman–Crippen MR) is 114 cm³/mol. The second-order valence-electron chi connectivity index (χ2n) is 6.81. The number of ether oxygens (including phenoxy) is 1. The fourth-order valence-electron chi connectivity index (χ4n) is 3.16. The number of rotatable bonds is 6. The van der Waals surface area contributed by atoms with E-state index in [9.17, 15) is 19.1 Å². The van der Waals surface area contributed by atoms with Crippen LogP contribution in [0.1, 0.15) is 31.8 Å². The van der Waals surface area contributed by atoms with Crippen molar-refractivity contribution < 1.29 is 23.8 Å². The molecule has 0 aromatic heterocycles. The summed E-state index contributed by atoms with van der Waals surface area (Å²) in [7, 11) is 0. The van der Waals surface area contributed by atoms with Crippen LogP contribution in [0.15, 0.2) is 97.1 Å². The monoisotopic (exact) mass is 412 g/mol. The maximum Gasteiger partial charge on any atom is 0.196 e. The lowest BCUT2D eigenvalue weighted by Crippen LogP contribution is -2.04. The molecule has 4 aromatic rings. The molecule has 0 radical (unpaired) electrons. The van der Waals surface area contributed by atoms with E-state index in [4.69, 9.17) is 4.74 Å². The Kier molecular flexibility index (Phi) is 5.58. The number of aromatic hydroxyl groups is 1. The number of carbonyl (C=O) groups excluding carboxylic acids is 2. The second-order valence-corrected chi connectivity index (χ2v) is 6.81. The van der Waals surface area contributed by atoms with Gasteiger partial charge in [0.15, 0.2) is 11.6 Å². The average molecular weight is 412 g/mol. The summed E-state index contributed by atoms with van der Waals surface area (Å²) in [5, 5.41) is 9.93. The molecule has 0 saturated heterocycles. The van der Waals surface area contributed by atoms with Gasteiger partial charge in [-0.15, -0.1) is 0 Å². The molecule has 4 nitrogen and oxygen atoms in total. The van der Waals surface area contributed by atoms with Crippen LogP contribution in [0.25, 0.3) is 0 Å². The van der Waals surface area contributed by atoms with E-state index in [0.29, 0.717) is 17.1 Å². The zero-order chi connectivity index (χ0) is 21.8. The van der Waals surface area contributed by atoms with Gasteiger partial charge in [-0.3, -0.25) is 9.59 Å². The number of phenols is 1. The van der Waals surface area contributed by atoms with Crippen molar-refractivity contribution in [2.24, 2.45) is 0 Å². The maximum absolute atomic E-state index is 14.0. The molecule has 0 spiro atoms. The number of para-hydroxylation sites is 1. The Labute approximate surface area is 178 Å². The van der Waals surface area contributed by atoms with Crippen LogP contribution in [0.3, 0.4) is 0 Å². The molecule has 0 atom stereocenters. The minimum atomic E-state index is -0.589. The topological polar surface area (TPSA) is 63.6 Å². The Bertz CT molecular complexity index is 1180. The first-order valence-corrected chi connectivity index (χ1v) is 9.53. The lowest BCUT2D eigenvalue weighted by atomic mass is 10.0. The lowest BCUT2D eigenvalue weighted by molar-refractivity contribution is 0.102. The molecule has 0 fully saturated rings. The number of phenolic OH excluding ortho intramolecular Hbond substituents is 1.